The number of rotatable bonds is 11. The zero-order chi connectivity index (χ0) is 14.0. The largest absolute Gasteiger partial charge is 0.379 e. The van der Waals surface area contributed by atoms with E-state index in [1.807, 2.05) is 20.8 Å². The highest BCUT2D eigenvalue weighted by Gasteiger charge is 2.27. The number of ether oxygens (including phenoxy) is 2. The Hall–Kier alpha value is -0.650. The van der Waals surface area contributed by atoms with Crippen molar-refractivity contribution >= 4 is 5.91 Å². The van der Waals surface area contributed by atoms with Gasteiger partial charge in [-0.3, -0.25) is 4.79 Å². The molecule has 18 heavy (non-hydrogen) atoms. The maximum Gasteiger partial charge on any atom is 0.237 e. The summed E-state index contributed by atoms with van der Waals surface area (Å²) < 4.78 is 10.8. The molecule has 108 valence electrons. The summed E-state index contributed by atoms with van der Waals surface area (Å²) in [5.74, 6) is -0.309. The second kappa shape index (κ2) is 9.30. The second-order valence-corrected chi connectivity index (χ2v) is 4.94. The van der Waals surface area contributed by atoms with Crippen LogP contribution < -0.4 is 11.1 Å². The van der Waals surface area contributed by atoms with Gasteiger partial charge in [0.15, 0.2) is 0 Å². The molecule has 0 aromatic carbocycles. The molecule has 0 saturated carbocycles. The Balaban J connectivity index is 3.48. The van der Waals surface area contributed by atoms with Gasteiger partial charge in [-0.1, -0.05) is 0 Å². The van der Waals surface area contributed by atoms with Crippen LogP contribution in [0.15, 0.2) is 0 Å². The number of unbranched alkanes of at least 4 members (excludes halogenated alkanes) is 1. The lowest BCUT2D eigenvalue weighted by Gasteiger charge is -2.25. The summed E-state index contributed by atoms with van der Waals surface area (Å²) in [6.45, 7) is 7.78. The van der Waals surface area contributed by atoms with Crippen LogP contribution in [-0.2, 0) is 14.3 Å². The molecular formula is C13H28N2O3. The molecule has 0 rings (SSSR count). The Morgan fingerprint density at radius 3 is 2.44 bits per heavy atom. The summed E-state index contributed by atoms with van der Waals surface area (Å²) in [4.78, 5) is 11.2. The first-order valence-electron chi connectivity index (χ1n) is 6.60. The number of amides is 1. The van der Waals surface area contributed by atoms with Gasteiger partial charge in [-0.25, -0.2) is 0 Å². The Bertz CT molecular complexity index is 234. The molecule has 0 aromatic heterocycles. The molecule has 0 fully saturated rings. The molecular weight excluding hydrogens is 232 g/mol. The minimum Gasteiger partial charge on any atom is -0.379 e. The van der Waals surface area contributed by atoms with E-state index in [0.717, 1.165) is 19.3 Å². The van der Waals surface area contributed by atoms with Crippen LogP contribution in [0.2, 0.25) is 0 Å². The third-order valence-corrected chi connectivity index (χ3v) is 2.99. The second-order valence-electron chi connectivity index (χ2n) is 4.94. The number of hydrogen-bond donors (Lipinski definition) is 2. The molecule has 0 aliphatic heterocycles. The summed E-state index contributed by atoms with van der Waals surface area (Å²) in [6, 6.07) is 0. The number of likely N-dealkylation sites (N-methyl/N-ethyl adjacent to an activating group) is 1. The van der Waals surface area contributed by atoms with E-state index in [9.17, 15) is 4.79 Å². The zero-order valence-electron chi connectivity index (χ0n) is 12.1. The van der Waals surface area contributed by atoms with Crippen LogP contribution in [0.3, 0.4) is 0 Å². The normalized spacial score (nSPS) is 14.7. The van der Waals surface area contributed by atoms with E-state index in [-0.39, 0.29) is 12.0 Å². The SMILES string of the molecule is CNC(C)(CCCCOCCOC(C)C)C(N)=O. The average Bonchev–Trinajstić information content (AvgIpc) is 2.31. The van der Waals surface area contributed by atoms with Crippen molar-refractivity contribution in [2.45, 2.75) is 51.7 Å². The number of carbonyl (C=O) groups excluding carboxylic acids is 1. The molecule has 5 nitrogen and oxygen atoms in total. The van der Waals surface area contributed by atoms with Crippen LogP contribution in [0, 0.1) is 0 Å². The molecule has 0 aliphatic rings. The van der Waals surface area contributed by atoms with Crippen molar-refractivity contribution in [3.63, 3.8) is 0 Å². The lowest BCUT2D eigenvalue weighted by Crippen LogP contribution is -2.51. The van der Waals surface area contributed by atoms with Crippen LogP contribution in [0.1, 0.15) is 40.0 Å². The smallest absolute Gasteiger partial charge is 0.237 e. The van der Waals surface area contributed by atoms with Crippen LogP contribution in [-0.4, -0.2) is 44.4 Å². The zero-order valence-corrected chi connectivity index (χ0v) is 12.1. The van der Waals surface area contributed by atoms with Crippen LogP contribution in [0.25, 0.3) is 0 Å². The van der Waals surface area contributed by atoms with E-state index < -0.39 is 5.54 Å². The summed E-state index contributed by atoms with van der Waals surface area (Å²) in [5.41, 5.74) is 4.73. The number of nitrogens with two attached hydrogens (primary N) is 1. The Kier molecular flexibility index (Phi) is 8.97. The third-order valence-electron chi connectivity index (χ3n) is 2.99. The van der Waals surface area contributed by atoms with Gasteiger partial charge in [0.25, 0.3) is 0 Å². The first kappa shape index (κ1) is 17.4. The predicted molar refractivity (Wildman–Crippen MR) is 72.4 cm³/mol. The first-order valence-corrected chi connectivity index (χ1v) is 6.60. The highest BCUT2D eigenvalue weighted by Crippen LogP contribution is 2.12. The summed E-state index contributed by atoms with van der Waals surface area (Å²) in [6.07, 6.45) is 2.81. The van der Waals surface area contributed by atoms with Crippen molar-refractivity contribution in [1.82, 2.24) is 5.32 Å². The molecule has 1 atom stereocenters. The van der Waals surface area contributed by atoms with E-state index in [1.54, 1.807) is 7.05 Å². The molecule has 0 spiro atoms. The van der Waals surface area contributed by atoms with Gasteiger partial charge in [0, 0.05) is 6.61 Å². The maximum absolute atomic E-state index is 11.2. The van der Waals surface area contributed by atoms with E-state index in [0.29, 0.717) is 19.8 Å². The van der Waals surface area contributed by atoms with E-state index in [1.165, 1.54) is 0 Å². The molecule has 0 aliphatic carbocycles. The van der Waals surface area contributed by atoms with Crippen LogP contribution in [0.5, 0.6) is 0 Å². The lowest BCUT2D eigenvalue weighted by molar-refractivity contribution is -0.123. The summed E-state index contributed by atoms with van der Waals surface area (Å²) in [5, 5.41) is 2.97. The van der Waals surface area contributed by atoms with Gasteiger partial charge in [-0.2, -0.15) is 0 Å². The molecule has 3 N–H and O–H groups in total. The molecule has 1 unspecified atom stereocenters. The van der Waals surface area contributed by atoms with Gasteiger partial charge in [-0.05, 0) is 47.1 Å². The monoisotopic (exact) mass is 260 g/mol. The fourth-order valence-electron chi connectivity index (χ4n) is 1.50. The predicted octanol–water partition coefficient (Wildman–Crippen LogP) is 1.06. The van der Waals surface area contributed by atoms with E-state index in [2.05, 4.69) is 5.32 Å². The first-order chi connectivity index (χ1) is 8.42. The highest BCUT2D eigenvalue weighted by atomic mass is 16.5. The maximum atomic E-state index is 11.2. The van der Waals surface area contributed by atoms with Gasteiger partial charge in [0.05, 0.1) is 24.9 Å². The van der Waals surface area contributed by atoms with Crippen molar-refractivity contribution in [3.05, 3.63) is 0 Å². The third kappa shape index (κ3) is 7.63. The molecule has 0 aromatic rings. The fourth-order valence-corrected chi connectivity index (χ4v) is 1.50. The van der Waals surface area contributed by atoms with Gasteiger partial charge in [0.1, 0.15) is 0 Å². The topological polar surface area (TPSA) is 73.6 Å². The molecule has 0 heterocycles. The standard InChI is InChI=1S/C13H28N2O3/c1-11(2)18-10-9-17-8-6-5-7-13(3,15-4)12(14)16/h11,15H,5-10H2,1-4H3,(H2,14,16). The van der Waals surface area contributed by atoms with Crippen molar-refractivity contribution in [2.24, 2.45) is 5.73 Å². The van der Waals surface area contributed by atoms with Gasteiger partial charge < -0.3 is 20.5 Å². The van der Waals surface area contributed by atoms with Crippen molar-refractivity contribution < 1.29 is 14.3 Å². The molecule has 1 amide bonds. The Morgan fingerprint density at radius 2 is 1.94 bits per heavy atom. The van der Waals surface area contributed by atoms with E-state index >= 15 is 0 Å². The number of hydrogen-bond acceptors (Lipinski definition) is 4. The Labute approximate surface area is 110 Å². The van der Waals surface area contributed by atoms with Gasteiger partial charge >= 0.3 is 0 Å². The minimum atomic E-state index is -0.610. The van der Waals surface area contributed by atoms with Gasteiger partial charge in [0.2, 0.25) is 5.91 Å². The lowest BCUT2D eigenvalue weighted by atomic mass is 9.94. The van der Waals surface area contributed by atoms with Crippen molar-refractivity contribution in [2.75, 3.05) is 26.9 Å². The Morgan fingerprint density at radius 1 is 1.28 bits per heavy atom. The quantitative estimate of drug-likeness (QED) is 0.545. The van der Waals surface area contributed by atoms with Gasteiger partial charge in [-0.15, -0.1) is 0 Å². The van der Waals surface area contributed by atoms with Crippen LogP contribution in [0.4, 0.5) is 0 Å². The molecule has 0 bridgehead atoms. The van der Waals surface area contributed by atoms with Crippen LogP contribution >= 0.6 is 0 Å². The van der Waals surface area contributed by atoms with E-state index in [4.69, 9.17) is 15.2 Å². The molecule has 5 heteroatoms. The summed E-state index contributed by atoms with van der Waals surface area (Å²) in [7, 11) is 1.75. The molecule has 0 saturated heterocycles. The summed E-state index contributed by atoms with van der Waals surface area (Å²) >= 11 is 0. The number of carbonyl (C=O) groups is 1. The number of primary amides is 1. The fraction of sp³-hybridized carbons (Fsp3) is 0.923. The van der Waals surface area contributed by atoms with Crippen molar-refractivity contribution in [1.29, 1.82) is 0 Å². The average molecular weight is 260 g/mol. The minimum absolute atomic E-state index is 0.250. The van der Waals surface area contributed by atoms with Crippen molar-refractivity contribution in [3.8, 4) is 0 Å². The molecule has 0 radical (unpaired) electrons. The highest BCUT2D eigenvalue weighted by molar-refractivity contribution is 5.84. The number of nitrogens with one attached hydrogen (secondary N) is 1.